The molecule has 86 valence electrons. The number of aryl methyl sites for hydroxylation is 1. The number of fused-ring (bicyclic) bond motifs is 1. The third-order valence-electron chi connectivity index (χ3n) is 3.63. The first-order valence-electron chi connectivity index (χ1n) is 6.26. The molecule has 0 spiro atoms. The molecular formula is C14H20N2. The van der Waals surface area contributed by atoms with Gasteiger partial charge in [0.15, 0.2) is 0 Å². The number of rotatable bonds is 1. The lowest BCUT2D eigenvalue weighted by molar-refractivity contribution is 0.276. The van der Waals surface area contributed by atoms with Gasteiger partial charge in [-0.3, -0.25) is 0 Å². The van der Waals surface area contributed by atoms with Crippen molar-refractivity contribution >= 4 is 11.4 Å². The second-order valence-electron chi connectivity index (χ2n) is 5.89. The summed E-state index contributed by atoms with van der Waals surface area (Å²) in [5, 5.41) is 3.46. The van der Waals surface area contributed by atoms with Gasteiger partial charge in [-0.15, -0.1) is 0 Å². The molecule has 2 heterocycles. The largest absolute Gasteiger partial charge is 0.385 e. The topological polar surface area (TPSA) is 15.3 Å². The molecule has 2 aliphatic rings. The normalized spacial score (nSPS) is 22.0. The quantitative estimate of drug-likeness (QED) is 0.776. The predicted octanol–water partition coefficient (Wildman–Crippen LogP) is 2.89. The highest BCUT2D eigenvalue weighted by Crippen LogP contribution is 2.35. The van der Waals surface area contributed by atoms with Crippen molar-refractivity contribution in [2.45, 2.75) is 26.7 Å². The average molecular weight is 216 g/mol. The average Bonchev–Trinajstić information content (AvgIpc) is 2.25. The number of nitrogens with one attached hydrogen (secondary N) is 1. The van der Waals surface area contributed by atoms with Crippen molar-refractivity contribution in [3.8, 4) is 0 Å². The van der Waals surface area contributed by atoms with Crippen LogP contribution in [-0.4, -0.2) is 19.6 Å². The minimum absolute atomic E-state index is 0.508. The predicted molar refractivity (Wildman–Crippen MR) is 69.2 cm³/mol. The molecule has 0 saturated carbocycles. The van der Waals surface area contributed by atoms with Crippen LogP contribution < -0.4 is 10.2 Å². The van der Waals surface area contributed by atoms with E-state index < -0.39 is 0 Å². The summed E-state index contributed by atoms with van der Waals surface area (Å²) in [6, 6.07) is 6.87. The van der Waals surface area contributed by atoms with Crippen LogP contribution in [0.25, 0.3) is 0 Å². The summed E-state index contributed by atoms with van der Waals surface area (Å²) in [6.45, 7) is 8.19. The molecule has 0 unspecified atom stereocenters. The van der Waals surface area contributed by atoms with E-state index in [0.29, 0.717) is 5.41 Å². The second kappa shape index (κ2) is 3.41. The summed E-state index contributed by atoms with van der Waals surface area (Å²) in [5.74, 6) is 0. The standard InChI is InChI=1S/C14H20N2/c1-14(2)9-16(10-14)12-5-6-13-11(8-12)4-3-7-15-13/h5-6,8,15H,3-4,7,9-10H2,1-2H3. The highest BCUT2D eigenvalue weighted by atomic mass is 15.2. The first-order chi connectivity index (χ1) is 7.64. The van der Waals surface area contributed by atoms with Crippen LogP contribution in [-0.2, 0) is 6.42 Å². The van der Waals surface area contributed by atoms with Crippen LogP contribution in [0.15, 0.2) is 18.2 Å². The molecule has 2 heteroatoms. The van der Waals surface area contributed by atoms with Crippen LogP contribution in [0.2, 0.25) is 0 Å². The Morgan fingerprint density at radius 1 is 1.25 bits per heavy atom. The first kappa shape index (κ1) is 10.0. The van der Waals surface area contributed by atoms with Crippen LogP contribution in [0.1, 0.15) is 25.8 Å². The molecule has 0 amide bonds. The molecule has 2 nitrogen and oxygen atoms in total. The van der Waals surface area contributed by atoms with Crippen LogP contribution in [0.3, 0.4) is 0 Å². The lowest BCUT2D eigenvalue weighted by Gasteiger charge is -2.47. The SMILES string of the molecule is CC1(C)CN(c2ccc3c(c2)CCCN3)C1. The molecule has 0 atom stereocenters. The van der Waals surface area contributed by atoms with Gasteiger partial charge >= 0.3 is 0 Å². The van der Waals surface area contributed by atoms with E-state index in [1.54, 1.807) is 0 Å². The molecule has 2 aliphatic heterocycles. The Bertz CT molecular complexity index is 401. The van der Waals surface area contributed by atoms with Crippen molar-refractivity contribution < 1.29 is 0 Å². The molecule has 3 rings (SSSR count). The van der Waals surface area contributed by atoms with Gasteiger partial charge in [-0.25, -0.2) is 0 Å². The van der Waals surface area contributed by atoms with Gasteiger partial charge in [0.2, 0.25) is 0 Å². The molecule has 1 fully saturated rings. The molecule has 0 aliphatic carbocycles. The Hall–Kier alpha value is -1.18. The molecule has 0 bridgehead atoms. The maximum absolute atomic E-state index is 3.46. The second-order valence-corrected chi connectivity index (χ2v) is 5.89. The van der Waals surface area contributed by atoms with Gasteiger partial charge in [0.25, 0.3) is 0 Å². The fraction of sp³-hybridized carbons (Fsp3) is 0.571. The van der Waals surface area contributed by atoms with Gasteiger partial charge in [-0.2, -0.15) is 0 Å². The molecule has 1 N–H and O–H groups in total. The van der Waals surface area contributed by atoms with Gasteiger partial charge in [0.05, 0.1) is 0 Å². The van der Waals surface area contributed by atoms with Gasteiger partial charge in [-0.1, -0.05) is 13.8 Å². The van der Waals surface area contributed by atoms with Crippen molar-refractivity contribution in [1.82, 2.24) is 0 Å². The monoisotopic (exact) mass is 216 g/mol. The Morgan fingerprint density at radius 3 is 2.81 bits per heavy atom. The van der Waals surface area contributed by atoms with E-state index >= 15 is 0 Å². The van der Waals surface area contributed by atoms with Crippen molar-refractivity contribution in [1.29, 1.82) is 0 Å². The van der Waals surface area contributed by atoms with Gasteiger partial charge in [-0.05, 0) is 42.0 Å². The van der Waals surface area contributed by atoms with E-state index in [9.17, 15) is 0 Å². The summed E-state index contributed by atoms with van der Waals surface area (Å²) < 4.78 is 0. The van der Waals surface area contributed by atoms with E-state index in [4.69, 9.17) is 0 Å². The van der Waals surface area contributed by atoms with Gasteiger partial charge in [0.1, 0.15) is 0 Å². The summed E-state index contributed by atoms with van der Waals surface area (Å²) in [7, 11) is 0. The highest BCUT2D eigenvalue weighted by Gasteiger charge is 2.34. The maximum Gasteiger partial charge on any atom is 0.0374 e. The smallest absolute Gasteiger partial charge is 0.0374 e. The van der Waals surface area contributed by atoms with Crippen LogP contribution in [0, 0.1) is 5.41 Å². The van der Waals surface area contributed by atoms with E-state index in [0.717, 1.165) is 6.54 Å². The third kappa shape index (κ3) is 1.66. The molecular weight excluding hydrogens is 196 g/mol. The number of anilines is 2. The Labute approximate surface area is 97.6 Å². The van der Waals surface area contributed by atoms with Crippen molar-refractivity contribution in [3.63, 3.8) is 0 Å². The molecule has 0 radical (unpaired) electrons. The lowest BCUT2D eigenvalue weighted by Crippen LogP contribution is -2.53. The highest BCUT2D eigenvalue weighted by molar-refractivity contribution is 5.62. The lowest BCUT2D eigenvalue weighted by atomic mass is 9.84. The Kier molecular flexibility index (Phi) is 2.13. The fourth-order valence-corrected chi connectivity index (χ4v) is 2.83. The van der Waals surface area contributed by atoms with Crippen LogP contribution >= 0.6 is 0 Å². The zero-order valence-corrected chi connectivity index (χ0v) is 10.2. The summed E-state index contributed by atoms with van der Waals surface area (Å²) in [6.07, 6.45) is 2.50. The van der Waals surface area contributed by atoms with Crippen molar-refractivity contribution in [3.05, 3.63) is 23.8 Å². The Balaban J connectivity index is 1.82. The fourth-order valence-electron chi connectivity index (χ4n) is 2.83. The van der Waals surface area contributed by atoms with Crippen molar-refractivity contribution in [2.75, 3.05) is 29.9 Å². The number of hydrogen-bond acceptors (Lipinski definition) is 2. The van der Waals surface area contributed by atoms with E-state index in [2.05, 4.69) is 42.3 Å². The molecule has 1 aromatic carbocycles. The Morgan fingerprint density at radius 2 is 2.06 bits per heavy atom. The van der Waals surface area contributed by atoms with Crippen molar-refractivity contribution in [2.24, 2.45) is 5.41 Å². The first-order valence-corrected chi connectivity index (χ1v) is 6.26. The molecule has 0 aromatic heterocycles. The maximum atomic E-state index is 3.46. The summed E-state index contributed by atoms with van der Waals surface area (Å²) in [5.41, 5.74) is 4.75. The van der Waals surface area contributed by atoms with E-state index in [1.165, 1.54) is 42.9 Å². The molecule has 1 saturated heterocycles. The number of hydrogen-bond donors (Lipinski definition) is 1. The molecule has 1 aromatic rings. The minimum Gasteiger partial charge on any atom is -0.385 e. The zero-order valence-electron chi connectivity index (χ0n) is 10.2. The van der Waals surface area contributed by atoms with Crippen LogP contribution in [0.4, 0.5) is 11.4 Å². The molecule has 16 heavy (non-hydrogen) atoms. The minimum atomic E-state index is 0.508. The van der Waals surface area contributed by atoms with Gasteiger partial charge < -0.3 is 10.2 Å². The number of nitrogens with zero attached hydrogens (tertiary/aromatic N) is 1. The van der Waals surface area contributed by atoms with Crippen LogP contribution in [0.5, 0.6) is 0 Å². The van der Waals surface area contributed by atoms with E-state index in [-0.39, 0.29) is 0 Å². The third-order valence-corrected chi connectivity index (χ3v) is 3.63. The zero-order chi connectivity index (χ0) is 11.2. The van der Waals surface area contributed by atoms with E-state index in [1.807, 2.05) is 0 Å². The summed E-state index contributed by atoms with van der Waals surface area (Å²) in [4.78, 5) is 2.48. The van der Waals surface area contributed by atoms with Gasteiger partial charge in [0, 0.05) is 31.0 Å². The number of benzene rings is 1. The summed E-state index contributed by atoms with van der Waals surface area (Å²) >= 11 is 0.